The summed E-state index contributed by atoms with van der Waals surface area (Å²) in [5, 5.41) is 17.2. The highest BCUT2D eigenvalue weighted by molar-refractivity contribution is 5.89. The standard InChI is InChI=1S/C10H9FO3/c1-6-2-3-7(4-8(6)11)5-9(12)10(13)14/h2-5,12H,1H3,(H,13,14). The van der Waals surface area contributed by atoms with Crippen molar-refractivity contribution in [1.29, 1.82) is 0 Å². The number of aryl methyl sites for hydroxylation is 1. The first-order chi connectivity index (χ1) is 6.50. The Kier molecular flexibility index (Phi) is 2.86. The van der Waals surface area contributed by atoms with Crippen LogP contribution < -0.4 is 0 Å². The number of carboxylic acids is 1. The van der Waals surface area contributed by atoms with Crippen molar-refractivity contribution in [2.45, 2.75) is 6.92 Å². The predicted octanol–water partition coefficient (Wildman–Crippen LogP) is 2.12. The summed E-state index contributed by atoms with van der Waals surface area (Å²) in [5.41, 5.74) is 0.782. The van der Waals surface area contributed by atoms with Crippen LogP contribution in [0.15, 0.2) is 24.0 Å². The number of rotatable bonds is 2. The zero-order valence-corrected chi connectivity index (χ0v) is 7.49. The van der Waals surface area contributed by atoms with Gasteiger partial charge in [0.25, 0.3) is 0 Å². The van der Waals surface area contributed by atoms with Crippen LogP contribution in [0.25, 0.3) is 6.08 Å². The Hall–Kier alpha value is -1.84. The van der Waals surface area contributed by atoms with E-state index in [0.717, 1.165) is 12.1 Å². The molecule has 1 aromatic carbocycles. The van der Waals surface area contributed by atoms with Gasteiger partial charge in [-0.2, -0.15) is 0 Å². The van der Waals surface area contributed by atoms with E-state index in [9.17, 15) is 9.18 Å². The Labute approximate surface area is 80.1 Å². The fourth-order valence-corrected chi connectivity index (χ4v) is 0.918. The molecular weight excluding hydrogens is 187 g/mol. The van der Waals surface area contributed by atoms with Gasteiger partial charge in [0, 0.05) is 0 Å². The summed E-state index contributed by atoms with van der Waals surface area (Å²) in [5.74, 6) is -2.68. The van der Waals surface area contributed by atoms with E-state index in [1.54, 1.807) is 6.92 Å². The number of carbonyl (C=O) groups is 1. The van der Waals surface area contributed by atoms with Crippen LogP contribution in [0.3, 0.4) is 0 Å². The smallest absolute Gasteiger partial charge is 0.370 e. The Morgan fingerprint density at radius 3 is 2.57 bits per heavy atom. The number of carboxylic acid groups (broad SMARTS) is 1. The van der Waals surface area contributed by atoms with Crippen LogP contribution in [0.2, 0.25) is 0 Å². The first kappa shape index (κ1) is 10.2. The average Bonchev–Trinajstić information content (AvgIpc) is 2.11. The van der Waals surface area contributed by atoms with Crippen LogP contribution in [0.1, 0.15) is 11.1 Å². The molecule has 4 heteroatoms. The fraction of sp³-hybridized carbons (Fsp3) is 0.100. The van der Waals surface area contributed by atoms with Gasteiger partial charge in [0.05, 0.1) is 0 Å². The summed E-state index contributed by atoms with van der Waals surface area (Å²) in [6, 6.07) is 4.20. The van der Waals surface area contributed by atoms with E-state index >= 15 is 0 Å². The van der Waals surface area contributed by atoms with Crippen molar-refractivity contribution in [3.63, 3.8) is 0 Å². The molecule has 0 radical (unpaired) electrons. The topological polar surface area (TPSA) is 57.5 Å². The highest BCUT2D eigenvalue weighted by Gasteiger charge is 2.04. The zero-order valence-electron chi connectivity index (χ0n) is 7.49. The molecule has 0 aromatic heterocycles. The summed E-state index contributed by atoms with van der Waals surface area (Å²) in [7, 11) is 0. The van der Waals surface area contributed by atoms with E-state index < -0.39 is 17.5 Å². The molecule has 0 saturated carbocycles. The lowest BCUT2D eigenvalue weighted by Gasteiger charge is -1.98. The predicted molar refractivity (Wildman–Crippen MR) is 49.4 cm³/mol. The van der Waals surface area contributed by atoms with Crippen molar-refractivity contribution in [2.75, 3.05) is 0 Å². The summed E-state index contributed by atoms with van der Waals surface area (Å²) in [6.45, 7) is 1.60. The minimum atomic E-state index is -1.44. The molecule has 0 saturated heterocycles. The van der Waals surface area contributed by atoms with E-state index in [-0.39, 0.29) is 0 Å². The lowest BCUT2D eigenvalue weighted by Crippen LogP contribution is -1.98. The fourth-order valence-electron chi connectivity index (χ4n) is 0.918. The van der Waals surface area contributed by atoms with Crippen LogP contribution in [0.5, 0.6) is 0 Å². The van der Waals surface area contributed by atoms with Crippen LogP contribution in [0.4, 0.5) is 4.39 Å². The molecule has 0 aliphatic carbocycles. The Morgan fingerprint density at radius 1 is 1.43 bits per heavy atom. The molecule has 14 heavy (non-hydrogen) atoms. The molecule has 1 rings (SSSR count). The number of hydrogen-bond donors (Lipinski definition) is 2. The van der Waals surface area contributed by atoms with E-state index in [2.05, 4.69) is 0 Å². The molecule has 0 aliphatic heterocycles. The average molecular weight is 196 g/mol. The molecule has 2 N–H and O–H groups in total. The van der Waals surface area contributed by atoms with Crippen molar-refractivity contribution in [3.05, 3.63) is 40.9 Å². The zero-order chi connectivity index (χ0) is 10.7. The van der Waals surface area contributed by atoms with E-state index in [1.165, 1.54) is 12.1 Å². The molecule has 1 aromatic rings. The summed E-state index contributed by atoms with van der Waals surface area (Å²) >= 11 is 0. The van der Waals surface area contributed by atoms with Crippen LogP contribution in [0, 0.1) is 12.7 Å². The molecule has 0 aliphatic rings. The molecular formula is C10H9FO3. The summed E-state index contributed by atoms with van der Waals surface area (Å²) in [4.78, 5) is 10.2. The van der Waals surface area contributed by atoms with Crippen LogP contribution in [-0.2, 0) is 4.79 Å². The van der Waals surface area contributed by atoms with Gasteiger partial charge in [-0.15, -0.1) is 0 Å². The maximum Gasteiger partial charge on any atom is 0.370 e. The minimum absolute atomic E-state index is 0.313. The maximum absolute atomic E-state index is 13.0. The van der Waals surface area contributed by atoms with Crippen molar-refractivity contribution < 1.29 is 19.4 Å². The molecule has 74 valence electrons. The van der Waals surface area contributed by atoms with E-state index in [1.807, 2.05) is 0 Å². The van der Waals surface area contributed by atoms with Crippen molar-refractivity contribution in [2.24, 2.45) is 0 Å². The van der Waals surface area contributed by atoms with Crippen molar-refractivity contribution >= 4 is 12.0 Å². The van der Waals surface area contributed by atoms with Gasteiger partial charge in [0.1, 0.15) is 5.82 Å². The number of aliphatic hydroxyl groups excluding tert-OH is 1. The lowest BCUT2D eigenvalue weighted by molar-refractivity contribution is -0.135. The summed E-state index contributed by atoms with van der Waals surface area (Å²) in [6.07, 6.45) is 0.991. The normalized spacial score (nSPS) is 11.4. The van der Waals surface area contributed by atoms with Gasteiger partial charge in [0.15, 0.2) is 0 Å². The first-order valence-electron chi connectivity index (χ1n) is 3.91. The van der Waals surface area contributed by atoms with Gasteiger partial charge in [-0.05, 0) is 30.2 Å². The Balaban J connectivity index is 3.04. The summed E-state index contributed by atoms with van der Waals surface area (Å²) < 4.78 is 13.0. The maximum atomic E-state index is 13.0. The van der Waals surface area contributed by atoms with Gasteiger partial charge in [-0.1, -0.05) is 12.1 Å². The molecule has 0 heterocycles. The second kappa shape index (κ2) is 3.91. The van der Waals surface area contributed by atoms with Crippen molar-refractivity contribution in [3.8, 4) is 0 Å². The molecule has 3 nitrogen and oxygen atoms in total. The Bertz CT molecular complexity index is 396. The SMILES string of the molecule is Cc1ccc(C=C(O)C(=O)O)cc1F. The third-order valence-electron chi connectivity index (χ3n) is 1.72. The number of halogens is 1. The number of aliphatic hydroxyl groups is 1. The number of hydrogen-bond acceptors (Lipinski definition) is 2. The van der Waals surface area contributed by atoms with Crippen LogP contribution >= 0.6 is 0 Å². The second-order valence-electron chi connectivity index (χ2n) is 2.84. The molecule has 0 fully saturated rings. The molecule has 0 spiro atoms. The number of aliphatic carboxylic acids is 1. The third-order valence-corrected chi connectivity index (χ3v) is 1.72. The number of benzene rings is 1. The first-order valence-corrected chi connectivity index (χ1v) is 3.91. The van der Waals surface area contributed by atoms with Gasteiger partial charge in [-0.3, -0.25) is 0 Å². The van der Waals surface area contributed by atoms with Gasteiger partial charge >= 0.3 is 5.97 Å². The quantitative estimate of drug-likeness (QED) is 0.562. The second-order valence-corrected chi connectivity index (χ2v) is 2.84. The molecule has 0 unspecified atom stereocenters. The minimum Gasteiger partial charge on any atom is -0.502 e. The van der Waals surface area contributed by atoms with Gasteiger partial charge in [-0.25, -0.2) is 9.18 Å². The Morgan fingerprint density at radius 2 is 2.07 bits per heavy atom. The third kappa shape index (κ3) is 2.32. The van der Waals surface area contributed by atoms with E-state index in [4.69, 9.17) is 10.2 Å². The monoisotopic (exact) mass is 196 g/mol. The van der Waals surface area contributed by atoms with Gasteiger partial charge in [0.2, 0.25) is 5.76 Å². The highest BCUT2D eigenvalue weighted by atomic mass is 19.1. The molecule has 0 bridgehead atoms. The molecule has 0 amide bonds. The van der Waals surface area contributed by atoms with Crippen molar-refractivity contribution in [1.82, 2.24) is 0 Å². The van der Waals surface area contributed by atoms with Gasteiger partial charge < -0.3 is 10.2 Å². The molecule has 0 atom stereocenters. The largest absolute Gasteiger partial charge is 0.502 e. The lowest BCUT2D eigenvalue weighted by atomic mass is 10.1. The van der Waals surface area contributed by atoms with Crippen LogP contribution in [-0.4, -0.2) is 16.2 Å². The highest BCUT2D eigenvalue weighted by Crippen LogP contribution is 2.11. The van der Waals surface area contributed by atoms with E-state index in [0.29, 0.717) is 11.1 Å².